The second kappa shape index (κ2) is 7.25. The summed E-state index contributed by atoms with van der Waals surface area (Å²) in [5.41, 5.74) is 0.186. The Morgan fingerprint density at radius 1 is 1.48 bits per heavy atom. The third kappa shape index (κ3) is 3.93. The van der Waals surface area contributed by atoms with Gasteiger partial charge in [0, 0.05) is 19.3 Å². The molecule has 0 saturated carbocycles. The Balaban J connectivity index is 2.96. The molecule has 6 nitrogen and oxygen atoms in total. The van der Waals surface area contributed by atoms with Crippen LogP contribution in [-0.4, -0.2) is 28.5 Å². The van der Waals surface area contributed by atoms with Gasteiger partial charge in [-0.05, 0) is 32.4 Å². The topological polar surface area (TPSA) is 89.9 Å². The van der Waals surface area contributed by atoms with Gasteiger partial charge in [-0.1, -0.05) is 0 Å². The average Bonchev–Trinajstić information content (AvgIpc) is 2.47. The molecule has 1 atom stereocenters. The van der Waals surface area contributed by atoms with Crippen LogP contribution >= 0.6 is 0 Å². The Morgan fingerprint density at radius 3 is 2.67 bits per heavy atom. The SMILES string of the molecule is CCN(C[C@@H](C)C#N)C(=O)Cn1ccc(C)c(C#N)c1=O. The zero-order valence-corrected chi connectivity index (χ0v) is 12.5. The van der Waals surface area contributed by atoms with Crippen LogP contribution in [0, 0.1) is 35.5 Å². The molecule has 1 aromatic rings. The number of carbonyl (C=O) groups is 1. The van der Waals surface area contributed by atoms with Gasteiger partial charge in [0.1, 0.15) is 18.2 Å². The number of nitriles is 2. The molecule has 0 aromatic carbocycles. The molecule has 0 fully saturated rings. The van der Waals surface area contributed by atoms with Gasteiger partial charge in [0.2, 0.25) is 5.91 Å². The fourth-order valence-electron chi connectivity index (χ4n) is 1.95. The second-order valence-electron chi connectivity index (χ2n) is 4.88. The predicted molar refractivity (Wildman–Crippen MR) is 77.2 cm³/mol. The van der Waals surface area contributed by atoms with Crippen molar-refractivity contribution in [1.82, 2.24) is 9.47 Å². The third-order valence-corrected chi connectivity index (χ3v) is 3.24. The van der Waals surface area contributed by atoms with Crippen molar-refractivity contribution in [2.75, 3.05) is 13.1 Å². The van der Waals surface area contributed by atoms with Gasteiger partial charge in [-0.2, -0.15) is 10.5 Å². The normalized spacial score (nSPS) is 11.3. The van der Waals surface area contributed by atoms with Crippen LogP contribution in [0.5, 0.6) is 0 Å². The zero-order valence-electron chi connectivity index (χ0n) is 12.5. The van der Waals surface area contributed by atoms with Gasteiger partial charge in [0.25, 0.3) is 5.56 Å². The molecule has 0 bridgehead atoms. The summed E-state index contributed by atoms with van der Waals surface area (Å²) in [5.74, 6) is -0.507. The van der Waals surface area contributed by atoms with E-state index in [9.17, 15) is 9.59 Å². The molecule has 6 heteroatoms. The van der Waals surface area contributed by atoms with E-state index in [1.807, 2.05) is 13.0 Å². The number of nitrogens with zero attached hydrogens (tertiary/aromatic N) is 4. The third-order valence-electron chi connectivity index (χ3n) is 3.24. The number of aromatic nitrogens is 1. The number of carbonyl (C=O) groups excluding carboxylic acids is 1. The molecule has 0 aliphatic carbocycles. The lowest BCUT2D eigenvalue weighted by molar-refractivity contribution is -0.132. The summed E-state index contributed by atoms with van der Waals surface area (Å²) in [5, 5.41) is 17.8. The molecule has 0 radical (unpaired) electrons. The summed E-state index contributed by atoms with van der Waals surface area (Å²) < 4.78 is 1.23. The van der Waals surface area contributed by atoms with Crippen LogP contribution < -0.4 is 5.56 Å². The summed E-state index contributed by atoms with van der Waals surface area (Å²) in [6.07, 6.45) is 1.51. The molecule has 1 aromatic heterocycles. The maximum Gasteiger partial charge on any atom is 0.269 e. The van der Waals surface area contributed by atoms with Crippen molar-refractivity contribution >= 4 is 5.91 Å². The van der Waals surface area contributed by atoms with Gasteiger partial charge in [-0.25, -0.2) is 0 Å². The minimum atomic E-state index is -0.463. The van der Waals surface area contributed by atoms with Crippen molar-refractivity contribution in [3.05, 3.63) is 33.7 Å². The minimum absolute atomic E-state index is 0.0544. The minimum Gasteiger partial charge on any atom is -0.340 e. The molecule has 1 heterocycles. The van der Waals surface area contributed by atoms with Gasteiger partial charge in [0.05, 0.1) is 12.0 Å². The fraction of sp³-hybridized carbons (Fsp3) is 0.467. The highest BCUT2D eigenvalue weighted by Crippen LogP contribution is 2.03. The van der Waals surface area contributed by atoms with Crippen LogP contribution in [0.15, 0.2) is 17.1 Å². The number of amides is 1. The Kier molecular flexibility index (Phi) is 5.68. The highest BCUT2D eigenvalue weighted by Gasteiger charge is 2.16. The van der Waals surface area contributed by atoms with Crippen LogP contribution in [-0.2, 0) is 11.3 Å². The summed E-state index contributed by atoms with van der Waals surface area (Å²) in [7, 11) is 0. The van der Waals surface area contributed by atoms with E-state index < -0.39 is 5.56 Å². The summed E-state index contributed by atoms with van der Waals surface area (Å²) in [6.45, 7) is 5.91. The Morgan fingerprint density at radius 2 is 2.14 bits per heavy atom. The van der Waals surface area contributed by atoms with Crippen LogP contribution in [0.4, 0.5) is 0 Å². The maximum absolute atomic E-state index is 12.2. The maximum atomic E-state index is 12.2. The zero-order chi connectivity index (χ0) is 16.0. The summed E-state index contributed by atoms with van der Waals surface area (Å²) in [4.78, 5) is 25.8. The molecule has 0 aliphatic rings. The van der Waals surface area contributed by atoms with Gasteiger partial charge < -0.3 is 9.47 Å². The fourth-order valence-corrected chi connectivity index (χ4v) is 1.95. The van der Waals surface area contributed by atoms with Crippen molar-refractivity contribution in [1.29, 1.82) is 10.5 Å². The second-order valence-corrected chi connectivity index (χ2v) is 4.88. The van der Waals surface area contributed by atoms with E-state index in [0.29, 0.717) is 18.7 Å². The molecule has 0 unspecified atom stereocenters. The van der Waals surface area contributed by atoms with Crippen LogP contribution in [0.3, 0.4) is 0 Å². The molecule has 110 valence electrons. The van der Waals surface area contributed by atoms with Crippen molar-refractivity contribution in [3.8, 4) is 12.1 Å². The first-order chi connectivity index (χ1) is 9.94. The summed E-state index contributed by atoms with van der Waals surface area (Å²) >= 11 is 0. The van der Waals surface area contributed by atoms with Crippen molar-refractivity contribution in [2.24, 2.45) is 5.92 Å². The molecular weight excluding hydrogens is 268 g/mol. The molecule has 1 rings (SSSR count). The van der Waals surface area contributed by atoms with Crippen molar-refractivity contribution in [3.63, 3.8) is 0 Å². The molecule has 0 N–H and O–H groups in total. The van der Waals surface area contributed by atoms with E-state index in [-0.39, 0.29) is 23.9 Å². The lowest BCUT2D eigenvalue weighted by Gasteiger charge is -2.22. The van der Waals surface area contributed by atoms with E-state index in [4.69, 9.17) is 10.5 Å². The van der Waals surface area contributed by atoms with Crippen molar-refractivity contribution in [2.45, 2.75) is 27.3 Å². The number of hydrogen-bond acceptors (Lipinski definition) is 4. The first-order valence-corrected chi connectivity index (χ1v) is 6.72. The Labute approximate surface area is 123 Å². The van der Waals surface area contributed by atoms with E-state index in [0.717, 1.165) is 0 Å². The first-order valence-electron chi connectivity index (χ1n) is 6.72. The smallest absolute Gasteiger partial charge is 0.269 e. The first kappa shape index (κ1) is 16.5. The average molecular weight is 286 g/mol. The highest BCUT2D eigenvalue weighted by atomic mass is 16.2. The van der Waals surface area contributed by atoms with E-state index >= 15 is 0 Å². The van der Waals surface area contributed by atoms with Crippen LogP contribution in [0.1, 0.15) is 25.0 Å². The van der Waals surface area contributed by atoms with Crippen LogP contribution in [0.25, 0.3) is 0 Å². The molecular formula is C15H18N4O2. The lowest BCUT2D eigenvalue weighted by atomic mass is 10.2. The number of hydrogen-bond donors (Lipinski definition) is 0. The number of pyridine rings is 1. The van der Waals surface area contributed by atoms with Crippen LogP contribution in [0.2, 0.25) is 0 Å². The molecule has 0 spiro atoms. The standard InChI is InChI=1S/C15H18N4O2/c1-4-18(9-11(2)7-16)14(20)10-19-6-5-12(3)13(8-17)15(19)21/h5-6,11H,4,9-10H2,1-3H3/t11-/m0/s1. The number of likely N-dealkylation sites (N-methyl/N-ethyl adjacent to an activating group) is 1. The molecule has 0 saturated heterocycles. The molecule has 21 heavy (non-hydrogen) atoms. The van der Waals surface area contributed by atoms with Gasteiger partial charge >= 0.3 is 0 Å². The van der Waals surface area contributed by atoms with Gasteiger partial charge in [-0.15, -0.1) is 0 Å². The van der Waals surface area contributed by atoms with Gasteiger partial charge in [0.15, 0.2) is 0 Å². The van der Waals surface area contributed by atoms with E-state index in [1.165, 1.54) is 15.7 Å². The van der Waals surface area contributed by atoms with E-state index in [2.05, 4.69) is 6.07 Å². The summed E-state index contributed by atoms with van der Waals surface area (Å²) in [6, 6.07) is 5.58. The lowest BCUT2D eigenvalue weighted by Crippen LogP contribution is -2.39. The monoisotopic (exact) mass is 286 g/mol. The van der Waals surface area contributed by atoms with E-state index in [1.54, 1.807) is 19.9 Å². The molecule has 1 amide bonds. The molecule has 0 aliphatic heterocycles. The highest BCUT2D eigenvalue weighted by molar-refractivity contribution is 5.76. The quantitative estimate of drug-likeness (QED) is 0.808. The Hall–Kier alpha value is -2.60. The predicted octanol–water partition coefficient (Wildman–Crippen LogP) is 1.04. The number of rotatable bonds is 5. The van der Waals surface area contributed by atoms with Crippen molar-refractivity contribution < 1.29 is 4.79 Å². The largest absolute Gasteiger partial charge is 0.340 e. The van der Waals surface area contributed by atoms with Gasteiger partial charge in [-0.3, -0.25) is 9.59 Å². The Bertz CT molecular complexity index is 664. The number of aryl methyl sites for hydroxylation is 1.